The van der Waals surface area contributed by atoms with Crippen LogP contribution in [0.5, 0.6) is 0 Å². The summed E-state index contributed by atoms with van der Waals surface area (Å²) in [5.74, 6) is -0.384. The zero-order valence-corrected chi connectivity index (χ0v) is 10.0. The van der Waals surface area contributed by atoms with Crippen LogP contribution < -0.4 is 11.5 Å². The van der Waals surface area contributed by atoms with Gasteiger partial charge in [-0.1, -0.05) is 6.92 Å². The van der Waals surface area contributed by atoms with Crippen molar-refractivity contribution in [3.63, 3.8) is 0 Å². The summed E-state index contributed by atoms with van der Waals surface area (Å²) in [6.45, 7) is 4.81. The Morgan fingerprint density at radius 3 is 2.25 bits per heavy atom. The number of hydrogen-bond donors (Lipinski definition) is 2. The summed E-state index contributed by atoms with van der Waals surface area (Å²) < 4.78 is 0. The number of nitrogens with two attached hydrogens (primary N) is 2. The summed E-state index contributed by atoms with van der Waals surface area (Å²) >= 11 is 0. The number of piperidine rings is 1. The van der Waals surface area contributed by atoms with E-state index in [-0.39, 0.29) is 17.7 Å². The maximum Gasteiger partial charge on any atom is 0.242 e. The van der Waals surface area contributed by atoms with Gasteiger partial charge in [-0.3, -0.25) is 9.59 Å². The topological polar surface area (TPSA) is 89.4 Å². The molecule has 0 spiro atoms. The first-order valence-corrected chi connectivity index (χ1v) is 5.76. The van der Waals surface area contributed by atoms with E-state index in [9.17, 15) is 9.59 Å². The fourth-order valence-corrected chi connectivity index (χ4v) is 1.88. The minimum Gasteiger partial charge on any atom is -0.369 e. The second-order valence-electron chi connectivity index (χ2n) is 4.74. The molecule has 0 aliphatic carbocycles. The number of primary amides is 1. The van der Waals surface area contributed by atoms with Crippen molar-refractivity contribution in [3.05, 3.63) is 0 Å². The van der Waals surface area contributed by atoms with Crippen molar-refractivity contribution >= 4 is 11.8 Å². The van der Waals surface area contributed by atoms with E-state index in [0.717, 1.165) is 0 Å². The second kappa shape index (κ2) is 4.82. The van der Waals surface area contributed by atoms with E-state index in [1.165, 1.54) is 0 Å². The smallest absolute Gasteiger partial charge is 0.242 e. The summed E-state index contributed by atoms with van der Waals surface area (Å²) in [5, 5.41) is 0. The molecule has 2 amide bonds. The molecule has 5 nitrogen and oxygen atoms in total. The van der Waals surface area contributed by atoms with E-state index in [0.29, 0.717) is 32.4 Å². The predicted molar refractivity (Wildman–Crippen MR) is 61.4 cm³/mol. The lowest BCUT2D eigenvalue weighted by atomic mass is 9.93. The highest BCUT2D eigenvalue weighted by atomic mass is 16.2. The summed E-state index contributed by atoms with van der Waals surface area (Å²) in [5.41, 5.74) is 10.3. The van der Waals surface area contributed by atoms with E-state index in [1.807, 2.05) is 6.92 Å². The van der Waals surface area contributed by atoms with Gasteiger partial charge in [0.25, 0.3) is 0 Å². The number of carbonyl (C=O) groups is 2. The van der Waals surface area contributed by atoms with Crippen molar-refractivity contribution in [3.8, 4) is 0 Å². The van der Waals surface area contributed by atoms with Gasteiger partial charge in [0.2, 0.25) is 11.8 Å². The first-order chi connectivity index (χ1) is 7.38. The lowest BCUT2D eigenvalue weighted by Crippen LogP contribution is -2.55. The molecule has 0 aromatic carbocycles. The number of amides is 2. The third kappa shape index (κ3) is 2.72. The third-order valence-corrected chi connectivity index (χ3v) is 3.41. The van der Waals surface area contributed by atoms with E-state index in [2.05, 4.69) is 0 Å². The average Bonchev–Trinajstić information content (AvgIpc) is 2.28. The zero-order chi connectivity index (χ0) is 12.3. The van der Waals surface area contributed by atoms with Crippen LogP contribution in [-0.4, -0.2) is 35.3 Å². The second-order valence-corrected chi connectivity index (χ2v) is 4.74. The summed E-state index contributed by atoms with van der Waals surface area (Å²) in [6, 6.07) is 0. The van der Waals surface area contributed by atoms with Gasteiger partial charge in [0.1, 0.15) is 0 Å². The maximum atomic E-state index is 12.0. The Balaban J connectivity index is 2.54. The largest absolute Gasteiger partial charge is 0.369 e. The van der Waals surface area contributed by atoms with Crippen LogP contribution in [0, 0.1) is 5.92 Å². The summed E-state index contributed by atoms with van der Waals surface area (Å²) in [6.07, 6.45) is 1.92. The van der Waals surface area contributed by atoms with Crippen LogP contribution in [-0.2, 0) is 9.59 Å². The molecule has 16 heavy (non-hydrogen) atoms. The highest BCUT2D eigenvalue weighted by molar-refractivity contribution is 5.86. The number of nitrogens with zero attached hydrogens (tertiary/aromatic N) is 1. The van der Waals surface area contributed by atoms with Crippen LogP contribution in [0.25, 0.3) is 0 Å². The third-order valence-electron chi connectivity index (χ3n) is 3.41. The number of likely N-dealkylation sites (tertiary alicyclic amines) is 1. The zero-order valence-electron chi connectivity index (χ0n) is 10.0. The minimum atomic E-state index is -0.792. The molecule has 92 valence electrons. The molecule has 0 saturated carbocycles. The number of rotatable bonds is 3. The van der Waals surface area contributed by atoms with E-state index >= 15 is 0 Å². The van der Waals surface area contributed by atoms with Crippen LogP contribution >= 0.6 is 0 Å². The molecular formula is C11H21N3O2. The van der Waals surface area contributed by atoms with E-state index in [1.54, 1.807) is 11.8 Å². The Morgan fingerprint density at radius 2 is 1.88 bits per heavy atom. The maximum absolute atomic E-state index is 12.0. The van der Waals surface area contributed by atoms with Crippen molar-refractivity contribution in [1.29, 1.82) is 0 Å². The summed E-state index contributed by atoms with van der Waals surface area (Å²) in [4.78, 5) is 24.7. The Kier molecular flexibility index (Phi) is 3.91. The van der Waals surface area contributed by atoms with Crippen LogP contribution in [0.3, 0.4) is 0 Å². The number of hydrogen-bond acceptors (Lipinski definition) is 3. The Bertz CT molecular complexity index is 281. The van der Waals surface area contributed by atoms with Gasteiger partial charge >= 0.3 is 0 Å². The molecule has 0 bridgehead atoms. The van der Waals surface area contributed by atoms with Crippen molar-refractivity contribution in [2.75, 3.05) is 13.1 Å². The summed E-state index contributed by atoms with van der Waals surface area (Å²) in [7, 11) is 0. The molecule has 5 heteroatoms. The molecule has 0 aromatic rings. The predicted octanol–water partition coefficient (Wildman–Crippen LogP) is -0.162. The average molecular weight is 227 g/mol. The van der Waals surface area contributed by atoms with Gasteiger partial charge < -0.3 is 16.4 Å². The molecule has 1 unspecified atom stereocenters. The first-order valence-electron chi connectivity index (χ1n) is 5.76. The molecule has 1 rings (SSSR count). The van der Waals surface area contributed by atoms with Gasteiger partial charge in [-0.05, 0) is 26.2 Å². The standard InChI is InChI=1S/C11H21N3O2/c1-3-11(2,13)10(16)14-6-4-8(5-7-14)9(12)15/h8H,3-7,13H2,1-2H3,(H2,12,15). The van der Waals surface area contributed by atoms with Crippen molar-refractivity contribution in [2.24, 2.45) is 17.4 Å². The SMILES string of the molecule is CCC(C)(N)C(=O)N1CCC(C(N)=O)CC1. The van der Waals surface area contributed by atoms with Crippen LogP contribution in [0.4, 0.5) is 0 Å². The molecule has 1 heterocycles. The Hall–Kier alpha value is -1.10. The minimum absolute atomic E-state index is 0.0297. The molecule has 1 atom stereocenters. The number of carbonyl (C=O) groups excluding carboxylic acids is 2. The molecule has 1 fully saturated rings. The molecule has 0 aromatic heterocycles. The first kappa shape index (κ1) is 13.0. The van der Waals surface area contributed by atoms with Gasteiger partial charge in [-0.25, -0.2) is 0 Å². The van der Waals surface area contributed by atoms with Crippen molar-refractivity contribution in [1.82, 2.24) is 4.90 Å². The van der Waals surface area contributed by atoms with Crippen molar-refractivity contribution in [2.45, 2.75) is 38.6 Å². The van der Waals surface area contributed by atoms with Gasteiger partial charge in [0, 0.05) is 19.0 Å². The highest BCUT2D eigenvalue weighted by Gasteiger charge is 2.33. The van der Waals surface area contributed by atoms with Crippen molar-refractivity contribution < 1.29 is 9.59 Å². The quantitative estimate of drug-likeness (QED) is 0.702. The van der Waals surface area contributed by atoms with E-state index in [4.69, 9.17) is 11.5 Å². The van der Waals surface area contributed by atoms with Gasteiger partial charge in [-0.15, -0.1) is 0 Å². The lowest BCUT2D eigenvalue weighted by molar-refractivity contribution is -0.139. The Labute approximate surface area is 96.1 Å². The van der Waals surface area contributed by atoms with Gasteiger partial charge in [0.15, 0.2) is 0 Å². The lowest BCUT2D eigenvalue weighted by Gasteiger charge is -2.35. The van der Waals surface area contributed by atoms with Crippen LogP contribution in [0.2, 0.25) is 0 Å². The highest BCUT2D eigenvalue weighted by Crippen LogP contribution is 2.19. The molecular weight excluding hydrogens is 206 g/mol. The normalized spacial score (nSPS) is 21.6. The molecule has 0 radical (unpaired) electrons. The van der Waals surface area contributed by atoms with Gasteiger partial charge in [-0.2, -0.15) is 0 Å². The fraction of sp³-hybridized carbons (Fsp3) is 0.818. The van der Waals surface area contributed by atoms with E-state index < -0.39 is 5.54 Å². The monoisotopic (exact) mass is 227 g/mol. The molecule has 1 aliphatic heterocycles. The molecule has 1 aliphatic rings. The van der Waals surface area contributed by atoms with Crippen LogP contribution in [0.1, 0.15) is 33.1 Å². The molecule has 1 saturated heterocycles. The van der Waals surface area contributed by atoms with Gasteiger partial charge in [0.05, 0.1) is 5.54 Å². The molecule has 4 N–H and O–H groups in total. The van der Waals surface area contributed by atoms with Crippen LogP contribution in [0.15, 0.2) is 0 Å². The Morgan fingerprint density at radius 1 is 1.38 bits per heavy atom. The fourth-order valence-electron chi connectivity index (χ4n) is 1.88.